The molecule has 4 heteroatoms. The molecule has 0 spiro atoms. The molecule has 0 fully saturated rings. The van der Waals surface area contributed by atoms with Gasteiger partial charge in [0.1, 0.15) is 5.75 Å². The van der Waals surface area contributed by atoms with E-state index in [0.29, 0.717) is 4.77 Å². The van der Waals surface area contributed by atoms with Crippen molar-refractivity contribution in [2.75, 3.05) is 7.11 Å². The zero-order valence-corrected chi connectivity index (χ0v) is 13.0. The number of nitrogens with one attached hydrogen (secondary N) is 1. The summed E-state index contributed by atoms with van der Waals surface area (Å²) in [6, 6.07) is 14.4. The molecule has 108 valence electrons. The summed E-state index contributed by atoms with van der Waals surface area (Å²) in [5.41, 5.74) is 4.51. The van der Waals surface area contributed by atoms with Crippen molar-refractivity contribution in [3.05, 3.63) is 52.8 Å². The van der Waals surface area contributed by atoms with Crippen LogP contribution in [0.5, 0.6) is 5.75 Å². The molecule has 0 aliphatic carbocycles. The first kappa shape index (κ1) is 13.9. The summed E-state index contributed by atoms with van der Waals surface area (Å²) in [7, 11) is 1.68. The summed E-state index contributed by atoms with van der Waals surface area (Å²) in [5.74, 6) is 0.832. The van der Waals surface area contributed by atoms with Crippen molar-refractivity contribution in [2.45, 2.75) is 19.8 Å². The van der Waals surface area contributed by atoms with Crippen LogP contribution in [-0.4, -0.2) is 16.7 Å². The normalized spacial score (nSPS) is 11.0. The van der Waals surface area contributed by atoms with Crippen molar-refractivity contribution >= 4 is 23.3 Å². The number of ether oxygens (including phenoxy) is 1. The van der Waals surface area contributed by atoms with Crippen molar-refractivity contribution in [1.29, 1.82) is 0 Å². The van der Waals surface area contributed by atoms with Gasteiger partial charge in [0.05, 0.1) is 23.8 Å². The monoisotopic (exact) mass is 298 g/mol. The molecule has 0 amide bonds. The molecule has 0 bridgehead atoms. The fourth-order valence-corrected chi connectivity index (χ4v) is 2.97. The minimum Gasteiger partial charge on any atom is -0.497 e. The Hall–Kier alpha value is -2.07. The van der Waals surface area contributed by atoms with Crippen LogP contribution >= 0.6 is 12.2 Å². The summed E-state index contributed by atoms with van der Waals surface area (Å²) in [6.45, 7) is 2.19. The van der Waals surface area contributed by atoms with Gasteiger partial charge in [0, 0.05) is 6.07 Å². The molecule has 1 aromatic heterocycles. The number of aryl methyl sites for hydroxylation is 1. The van der Waals surface area contributed by atoms with E-state index in [0.717, 1.165) is 35.3 Å². The molecule has 0 aliphatic heterocycles. The Morgan fingerprint density at radius 1 is 1.19 bits per heavy atom. The molecule has 1 N–H and O–H groups in total. The number of benzene rings is 2. The van der Waals surface area contributed by atoms with Crippen LogP contribution in [0.25, 0.3) is 16.7 Å². The van der Waals surface area contributed by atoms with Crippen LogP contribution < -0.4 is 4.74 Å². The van der Waals surface area contributed by atoms with E-state index in [-0.39, 0.29) is 0 Å². The molecule has 0 radical (unpaired) electrons. The number of fused-ring (bicyclic) bond motifs is 1. The molecule has 0 saturated heterocycles. The van der Waals surface area contributed by atoms with E-state index in [4.69, 9.17) is 17.0 Å². The second-order valence-corrected chi connectivity index (χ2v) is 5.41. The Kier molecular flexibility index (Phi) is 3.80. The summed E-state index contributed by atoms with van der Waals surface area (Å²) >= 11 is 5.52. The van der Waals surface area contributed by atoms with Gasteiger partial charge >= 0.3 is 0 Å². The minimum atomic E-state index is 0.710. The van der Waals surface area contributed by atoms with Gasteiger partial charge in [0.25, 0.3) is 0 Å². The standard InChI is InChI=1S/C17H18N2OS/c1-3-6-12-7-4-5-8-15(12)19-16-11-13(20-2)9-10-14(16)18-17(19)21/h4-5,7-11H,3,6H2,1-2H3,(H,18,21). The first-order chi connectivity index (χ1) is 10.2. The van der Waals surface area contributed by atoms with Crippen molar-refractivity contribution in [3.8, 4) is 11.4 Å². The van der Waals surface area contributed by atoms with Crippen molar-refractivity contribution < 1.29 is 4.74 Å². The van der Waals surface area contributed by atoms with Gasteiger partial charge in [-0.15, -0.1) is 0 Å². The first-order valence-corrected chi connectivity index (χ1v) is 7.52. The highest BCUT2D eigenvalue weighted by atomic mass is 32.1. The van der Waals surface area contributed by atoms with Gasteiger partial charge in [-0.05, 0) is 42.4 Å². The third-order valence-corrected chi connectivity index (χ3v) is 3.93. The second kappa shape index (κ2) is 5.74. The predicted molar refractivity (Wildman–Crippen MR) is 89.0 cm³/mol. The van der Waals surface area contributed by atoms with E-state index >= 15 is 0 Å². The topological polar surface area (TPSA) is 29.9 Å². The average Bonchev–Trinajstić information content (AvgIpc) is 2.83. The molecule has 21 heavy (non-hydrogen) atoms. The third kappa shape index (κ3) is 2.47. The fourth-order valence-electron chi connectivity index (χ4n) is 2.66. The van der Waals surface area contributed by atoms with Gasteiger partial charge < -0.3 is 9.72 Å². The Labute approximate surface area is 129 Å². The quantitative estimate of drug-likeness (QED) is 0.711. The second-order valence-electron chi connectivity index (χ2n) is 5.03. The molecule has 0 saturated carbocycles. The van der Waals surface area contributed by atoms with E-state index < -0.39 is 0 Å². The molecule has 0 aliphatic rings. The lowest BCUT2D eigenvalue weighted by molar-refractivity contribution is 0.415. The summed E-state index contributed by atoms with van der Waals surface area (Å²) in [6.07, 6.45) is 2.14. The molecule has 0 unspecified atom stereocenters. The average molecular weight is 298 g/mol. The number of hydrogen-bond acceptors (Lipinski definition) is 2. The fraction of sp³-hybridized carbons (Fsp3) is 0.235. The SMILES string of the molecule is CCCc1ccccc1-n1c(=S)[nH]c2ccc(OC)cc21. The molecule has 1 heterocycles. The van der Waals surface area contributed by atoms with Gasteiger partial charge in [0.2, 0.25) is 0 Å². The molecule has 3 nitrogen and oxygen atoms in total. The predicted octanol–water partition coefficient (Wildman–Crippen LogP) is 4.65. The highest BCUT2D eigenvalue weighted by molar-refractivity contribution is 7.71. The number of aromatic amines is 1. The third-order valence-electron chi connectivity index (χ3n) is 3.64. The van der Waals surface area contributed by atoms with Crippen LogP contribution in [0.3, 0.4) is 0 Å². The van der Waals surface area contributed by atoms with Crippen LogP contribution in [0.2, 0.25) is 0 Å². The maximum atomic E-state index is 5.52. The van der Waals surface area contributed by atoms with Crippen LogP contribution in [0.15, 0.2) is 42.5 Å². The highest BCUT2D eigenvalue weighted by Crippen LogP contribution is 2.26. The summed E-state index contributed by atoms with van der Waals surface area (Å²) in [4.78, 5) is 3.27. The van der Waals surface area contributed by atoms with Gasteiger partial charge in [-0.2, -0.15) is 0 Å². The van der Waals surface area contributed by atoms with Crippen LogP contribution in [0, 0.1) is 4.77 Å². The highest BCUT2D eigenvalue weighted by Gasteiger charge is 2.10. The van der Waals surface area contributed by atoms with Crippen LogP contribution in [0.4, 0.5) is 0 Å². The lowest BCUT2D eigenvalue weighted by atomic mass is 10.1. The minimum absolute atomic E-state index is 0.710. The van der Waals surface area contributed by atoms with E-state index in [1.165, 1.54) is 5.56 Å². The Bertz CT molecular complexity index is 832. The largest absolute Gasteiger partial charge is 0.497 e. The van der Waals surface area contributed by atoms with E-state index in [9.17, 15) is 0 Å². The number of H-pyrrole nitrogens is 1. The van der Waals surface area contributed by atoms with Gasteiger partial charge in [-0.1, -0.05) is 31.5 Å². The molecular formula is C17H18N2OS. The summed E-state index contributed by atoms with van der Waals surface area (Å²) in [5, 5.41) is 0. The van der Waals surface area contributed by atoms with E-state index in [1.807, 2.05) is 18.2 Å². The number of nitrogens with zero attached hydrogens (tertiary/aromatic N) is 1. The molecule has 2 aromatic carbocycles. The van der Waals surface area contributed by atoms with Gasteiger partial charge in [-0.25, -0.2) is 0 Å². The Morgan fingerprint density at radius 2 is 2.00 bits per heavy atom. The van der Waals surface area contributed by atoms with Gasteiger partial charge in [-0.3, -0.25) is 4.57 Å². The molecular weight excluding hydrogens is 280 g/mol. The van der Waals surface area contributed by atoms with Gasteiger partial charge in [0.15, 0.2) is 4.77 Å². The van der Waals surface area contributed by atoms with Crippen molar-refractivity contribution in [3.63, 3.8) is 0 Å². The lowest BCUT2D eigenvalue weighted by Crippen LogP contribution is -1.99. The Morgan fingerprint density at radius 3 is 2.76 bits per heavy atom. The van der Waals surface area contributed by atoms with E-state index in [2.05, 4.69) is 40.7 Å². The number of imidazole rings is 1. The maximum absolute atomic E-state index is 5.52. The number of methoxy groups -OCH3 is 1. The van der Waals surface area contributed by atoms with Crippen LogP contribution in [-0.2, 0) is 6.42 Å². The number of aromatic nitrogens is 2. The van der Waals surface area contributed by atoms with E-state index in [1.54, 1.807) is 7.11 Å². The maximum Gasteiger partial charge on any atom is 0.182 e. The first-order valence-electron chi connectivity index (χ1n) is 7.11. The van der Waals surface area contributed by atoms with Crippen molar-refractivity contribution in [2.24, 2.45) is 0 Å². The van der Waals surface area contributed by atoms with Crippen LogP contribution in [0.1, 0.15) is 18.9 Å². The molecule has 3 rings (SSSR count). The number of rotatable bonds is 4. The number of para-hydroxylation sites is 1. The molecule has 3 aromatic rings. The van der Waals surface area contributed by atoms with Crippen molar-refractivity contribution in [1.82, 2.24) is 9.55 Å². The zero-order chi connectivity index (χ0) is 14.8. The number of hydrogen-bond donors (Lipinski definition) is 1. The molecule has 0 atom stereocenters. The zero-order valence-electron chi connectivity index (χ0n) is 12.2. The Balaban J connectivity index is 2.29. The smallest absolute Gasteiger partial charge is 0.182 e. The lowest BCUT2D eigenvalue weighted by Gasteiger charge is -2.11. The summed E-state index contributed by atoms with van der Waals surface area (Å²) < 4.78 is 8.14.